The quantitative estimate of drug-likeness (QED) is 0.726. The van der Waals surface area contributed by atoms with E-state index in [9.17, 15) is 13.2 Å². The number of para-hydroxylation sites is 1. The summed E-state index contributed by atoms with van der Waals surface area (Å²) in [5.41, 5.74) is 2.05. The minimum Gasteiger partial charge on any atom is -0.482 e. The van der Waals surface area contributed by atoms with Crippen LogP contribution in [0, 0.1) is 0 Å². The van der Waals surface area contributed by atoms with Crippen LogP contribution in [0.15, 0.2) is 47.4 Å². The Balaban J connectivity index is 1.42. The van der Waals surface area contributed by atoms with Gasteiger partial charge >= 0.3 is 0 Å². The molecule has 1 unspecified atom stereocenters. The summed E-state index contributed by atoms with van der Waals surface area (Å²) in [5, 5.41) is 0.159. The van der Waals surface area contributed by atoms with Gasteiger partial charge in [-0.2, -0.15) is 0 Å². The molecule has 0 radical (unpaired) electrons. The molecule has 0 saturated heterocycles. The van der Waals surface area contributed by atoms with E-state index in [4.69, 9.17) is 16.3 Å². The lowest BCUT2D eigenvalue weighted by molar-refractivity contribution is -0.120. The molecule has 2 aromatic carbocycles. The molecule has 8 heteroatoms. The lowest BCUT2D eigenvalue weighted by atomic mass is 10.1. The standard InChI is InChI=1S/C22H25ClN2O4S/c1-15-12-16-6-2-5-9-20(16)25(15)22(26)14-29-21-11-10-18(13-19(21)23)30(27,28)24-17-7-3-4-8-17/h2,5-6,9-11,13,15,17,24H,3-4,7-8,12,14H2,1H3. The SMILES string of the molecule is CC1Cc2ccccc2N1C(=O)COc1ccc(S(=O)(=O)NC2CCCC2)cc1Cl. The molecule has 6 nitrogen and oxygen atoms in total. The van der Waals surface area contributed by atoms with Crippen molar-refractivity contribution in [2.24, 2.45) is 0 Å². The number of amides is 1. The van der Waals surface area contributed by atoms with Gasteiger partial charge in [-0.15, -0.1) is 0 Å². The average molecular weight is 449 g/mol. The maximum absolute atomic E-state index is 12.8. The van der Waals surface area contributed by atoms with Crippen LogP contribution in [0.2, 0.25) is 5.02 Å². The first-order chi connectivity index (χ1) is 14.3. The van der Waals surface area contributed by atoms with Gasteiger partial charge in [-0.05, 0) is 56.0 Å². The highest BCUT2D eigenvalue weighted by Gasteiger charge is 2.31. The summed E-state index contributed by atoms with van der Waals surface area (Å²) in [7, 11) is -3.63. The normalized spacial score (nSPS) is 19.1. The van der Waals surface area contributed by atoms with Crippen molar-refractivity contribution in [3.05, 3.63) is 53.1 Å². The van der Waals surface area contributed by atoms with E-state index in [0.717, 1.165) is 43.4 Å². The van der Waals surface area contributed by atoms with E-state index in [1.807, 2.05) is 31.2 Å². The highest BCUT2D eigenvalue weighted by Crippen LogP contribution is 2.33. The molecule has 0 aromatic heterocycles. The van der Waals surface area contributed by atoms with Gasteiger partial charge in [-0.25, -0.2) is 13.1 Å². The van der Waals surface area contributed by atoms with Crippen LogP contribution in [0.4, 0.5) is 5.69 Å². The molecule has 2 aromatic rings. The third-order valence-electron chi connectivity index (χ3n) is 5.72. The van der Waals surface area contributed by atoms with Crippen molar-refractivity contribution in [3.8, 4) is 5.75 Å². The first-order valence-corrected chi connectivity index (χ1v) is 12.1. The summed E-state index contributed by atoms with van der Waals surface area (Å²) < 4.78 is 33.5. The van der Waals surface area contributed by atoms with Crippen LogP contribution in [0.3, 0.4) is 0 Å². The summed E-state index contributed by atoms with van der Waals surface area (Å²) >= 11 is 6.26. The summed E-state index contributed by atoms with van der Waals surface area (Å²) in [4.78, 5) is 14.6. The summed E-state index contributed by atoms with van der Waals surface area (Å²) in [6.45, 7) is 1.83. The minimum absolute atomic E-state index is 0.0207. The second-order valence-corrected chi connectivity index (χ2v) is 10.1. The number of fused-ring (bicyclic) bond motifs is 1. The molecule has 1 fully saturated rings. The Morgan fingerprint density at radius 3 is 2.67 bits per heavy atom. The van der Waals surface area contributed by atoms with E-state index in [-0.39, 0.29) is 40.3 Å². The number of ether oxygens (including phenoxy) is 1. The molecule has 4 rings (SSSR count). The number of rotatable bonds is 6. The van der Waals surface area contributed by atoms with Crippen molar-refractivity contribution in [1.82, 2.24) is 4.72 Å². The number of sulfonamides is 1. The predicted molar refractivity (Wildman–Crippen MR) is 117 cm³/mol. The molecule has 160 valence electrons. The number of nitrogens with one attached hydrogen (secondary N) is 1. The lowest BCUT2D eigenvalue weighted by Crippen LogP contribution is -2.39. The Kier molecular flexibility index (Phi) is 6.04. The van der Waals surface area contributed by atoms with E-state index in [2.05, 4.69) is 4.72 Å². The number of benzene rings is 2. The van der Waals surface area contributed by atoms with Gasteiger partial charge in [0.2, 0.25) is 10.0 Å². The van der Waals surface area contributed by atoms with Crippen LogP contribution in [-0.2, 0) is 21.2 Å². The fraction of sp³-hybridized carbons (Fsp3) is 0.409. The predicted octanol–water partition coefficient (Wildman–Crippen LogP) is 3.92. The van der Waals surface area contributed by atoms with Gasteiger partial charge in [0, 0.05) is 17.8 Å². The third-order valence-corrected chi connectivity index (χ3v) is 7.53. The molecule has 1 N–H and O–H groups in total. The van der Waals surface area contributed by atoms with E-state index < -0.39 is 10.0 Å². The fourth-order valence-corrected chi connectivity index (χ4v) is 5.88. The average Bonchev–Trinajstić information content (AvgIpc) is 3.32. The maximum Gasteiger partial charge on any atom is 0.265 e. The smallest absolute Gasteiger partial charge is 0.265 e. The topological polar surface area (TPSA) is 75.7 Å². The van der Waals surface area contributed by atoms with Crippen molar-refractivity contribution in [1.29, 1.82) is 0 Å². The van der Waals surface area contributed by atoms with Crippen LogP contribution < -0.4 is 14.4 Å². The molecule has 1 aliphatic heterocycles. The number of hydrogen-bond donors (Lipinski definition) is 1. The Hall–Kier alpha value is -2.09. The zero-order chi connectivity index (χ0) is 21.3. The van der Waals surface area contributed by atoms with Crippen LogP contribution in [0.25, 0.3) is 0 Å². The van der Waals surface area contributed by atoms with E-state index in [1.165, 1.54) is 18.2 Å². The molecule has 1 heterocycles. The molecule has 2 aliphatic rings. The van der Waals surface area contributed by atoms with E-state index >= 15 is 0 Å². The van der Waals surface area contributed by atoms with Crippen LogP contribution in [-0.4, -0.2) is 33.0 Å². The second kappa shape index (κ2) is 8.57. The first-order valence-electron chi connectivity index (χ1n) is 10.2. The first kappa shape index (κ1) is 21.2. The van der Waals surface area contributed by atoms with Crippen molar-refractivity contribution in [2.75, 3.05) is 11.5 Å². The van der Waals surface area contributed by atoms with Crippen molar-refractivity contribution < 1.29 is 17.9 Å². The van der Waals surface area contributed by atoms with Gasteiger partial charge in [-0.3, -0.25) is 4.79 Å². The highest BCUT2D eigenvalue weighted by molar-refractivity contribution is 7.89. The Labute approximate surface area is 182 Å². The third kappa shape index (κ3) is 4.33. The second-order valence-electron chi connectivity index (χ2n) is 7.93. The molecule has 30 heavy (non-hydrogen) atoms. The minimum atomic E-state index is -3.63. The van der Waals surface area contributed by atoms with Crippen molar-refractivity contribution in [2.45, 2.75) is 56.0 Å². The molecule has 1 atom stereocenters. The summed E-state index contributed by atoms with van der Waals surface area (Å²) in [6, 6.07) is 12.2. The fourth-order valence-electron chi connectivity index (χ4n) is 4.25. The monoisotopic (exact) mass is 448 g/mol. The number of halogens is 1. The van der Waals surface area contributed by atoms with Crippen LogP contribution in [0.1, 0.15) is 38.2 Å². The Morgan fingerprint density at radius 2 is 1.93 bits per heavy atom. The highest BCUT2D eigenvalue weighted by atomic mass is 35.5. The van der Waals surface area contributed by atoms with Crippen molar-refractivity contribution >= 4 is 33.2 Å². The molecule has 0 bridgehead atoms. The van der Waals surface area contributed by atoms with Gasteiger partial charge < -0.3 is 9.64 Å². The number of carbonyl (C=O) groups excluding carboxylic acids is 1. The number of hydrogen-bond acceptors (Lipinski definition) is 4. The number of anilines is 1. The zero-order valence-electron chi connectivity index (χ0n) is 16.8. The van der Waals surface area contributed by atoms with E-state index in [1.54, 1.807) is 4.90 Å². The molecule has 1 amide bonds. The number of carbonyl (C=O) groups is 1. The van der Waals surface area contributed by atoms with Gasteiger partial charge in [-0.1, -0.05) is 42.6 Å². The molecule has 0 spiro atoms. The lowest BCUT2D eigenvalue weighted by Gasteiger charge is -2.23. The molecular weight excluding hydrogens is 424 g/mol. The zero-order valence-corrected chi connectivity index (χ0v) is 18.4. The van der Waals surface area contributed by atoms with Gasteiger partial charge in [0.1, 0.15) is 5.75 Å². The molecule has 1 aliphatic carbocycles. The number of nitrogens with zero attached hydrogens (tertiary/aromatic N) is 1. The largest absolute Gasteiger partial charge is 0.482 e. The van der Waals surface area contributed by atoms with Crippen LogP contribution in [0.5, 0.6) is 5.75 Å². The Bertz CT molecular complexity index is 1050. The molecule has 1 saturated carbocycles. The summed E-state index contributed by atoms with van der Waals surface area (Å²) in [6.07, 6.45) is 4.59. The van der Waals surface area contributed by atoms with Gasteiger partial charge in [0.05, 0.1) is 9.92 Å². The van der Waals surface area contributed by atoms with Gasteiger partial charge in [0.25, 0.3) is 5.91 Å². The van der Waals surface area contributed by atoms with E-state index in [0.29, 0.717) is 0 Å². The van der Waals surface area contributed by atoms with Gasteiger partial charge in [0.15, 0.2) is 6.61 Å². The molecular formula is C22H25ClN2O4S. The van der Waals surface area contributed by atoms with Crippen LogP contribution >= 0.6 is 11.6 Å². The maximum atomic E-state index is 12.8. The van der Waals surface area contributed by atoms with Crippen molar-refractivity contribution in [3.63, 3.8) is 0 Å². The summed E-state index contributed by atoms with van der Waals surface area (Å²) in [5.74, 6) is 0.119. The Morgan fingerprint density at radius 1 is 1.20 bits per heavy atom.